The SMILES string of the molecule is CCOC(=O)C[C@H](NC(=O)OCc1ccccc1)C(=O)NCC(=O)c1ccc(Cl)cc1. The van der Waals surface area contributed by atoms with E-state index in [-0.39, 0.29) is 25.5 Å². The van der Waals surface area contributed by atoms with E-state index in [1.54, 1.807) is 43.3 Å². The van der Waals surface area contributed by atoms with Gasteiger partial charge in [-0.2, -0.15) is 0 Å². The number of carbonyl (C=O) groups excluding carboxylic acids is 4. The van der Waals surface area contributed by atoms with Crippen molar-refractivity contribution in [3.63, 3.8) is 0 Å². The molecular weight excluding hydrogens is 424 g/mol. The molecule has 0 saturated carbocycles. The molecule has 0 aliphatic rings. The third kappa shape index (κ3) is 8.47. The van der Waals surface area contributed by atoms with E-state index in [0.29, 0.717) is 10.6 Å². The number of hydrogen-bond donors (Lipinski definition) is 2. The summed E-state index contributed by atoms with van der Waals surface area (Å²) in [6.07, 6.45) is -1.28. The first-order chi connectivity index (χ1) is 14.9. The summed E-state index contributed by atoms with van der Waals surface area (Å²) < 4.78 is 9.94. The van der Waals surface area contributed by atoms with E-state index in [9.17, 15) is 19.2 Å². The third-order valence-electron chi connectivity index (χ3n) is 4.09. The highest BCUT2D eigenvalue weighted by Crippen LogP contribution is 2.10. The number of nitrogens with one attached hydrogen (secondary N) is 2. The van der Waals surface area contributed by atoms with Gasteiger partial charge < -0.3 is 20.1 Å². The Balaban J connectivity index is 1.94. The first-order valence-corrected chi connectivity index (χ1v) is 9.96. The van der Waals surface area contributed by atoms with Crippen LogP contribution in [-0.2, 0) is 25.7 Å². The maximum Gasteiger partial charge on any atom is 0.408 e. The third-order valence-corrected chi connectivity index (χ3v) is 4.34. The number of halogens is 1. The minimum Gasteiger partial charge on any atom is -0.466 e. The van der Waals surface area contributed by atoms with E-state index in [0.717, 1.165) is 5.56 Å². The number of esters is 1. The van der Waals surface area contributed by atoms with Gasteiger partial charge in [0.05, 0.1) is 19.6 Å². The highest BCUT2D eigenvalue weighted by Gasteiger charge is 2.25. The van der Waals surface area contributed by atoms with Gasteiger partial charge in [-0.1, -0.05) is 41.9 Å². The minimum absolute atomic E-state index is 0.00449. The van der Waals surface area contributed by atoms with Crippen molar-refractivity contribution in [2.75, 3.05) is 13.2 Å². The van der Waals surface area contributed by atoms with Crippen LogP contribution in [0.4, 0.5) is 4.79 Å². The van der Waals surface area contributed by atoms with Gasteiger partial charge in [-0.15, -0.1) is 0 Å². The van der Waals surface area contributed by atoms with Gasteiger partial charge >= 0.3 is 12.1 Å². The molecule has 0 aliphatic heterocycles. The van der Waals surface area contributed by atoms with E-state index >= 15 is 0 Å². The van der Waals surface area contributed by atoms with Crippen LogP contribution in [0.25, 0.3) is 0 Å². The molecule has 8 nitrogen and oxygen atoms in total. The molecule has 2 aromatic carbocycles. The zero-order valence-electron chi connectivity index (χ0n) is 16.9. The standard InChI is InChI=1S/C22H23ClN2O6/c1-2-30-20(27)12-18(25-22(29)31-14-15-6-4-3-5-7-15)21(28)24-13-19(26)16-8-10-17(23)11-9-16/h3-11,18H,2,12-14H2,1H3,(H,24,28)(H,25,29)/t18-/m0/s1. The lowest BCUT2D eigenvalue weighted by atomic mass is 10.1. The van der Waals surface area contributed by atoms with Crippen molar-refractivity contribution in [3.8, 4) is 0 Å². The average molecular weight is 447 g/mol. The van der Waals surface area contributed by atoms with Crippen LogP contribution >= 0.6 is 11.6 Å². The lowest BCUT2D eigenvalue weighted by Gasteiger charge is -2.17. The van der Waals surface area contributed by atoms with Gasteiger partial charge in [0.25, 0.3) is 0 Å². The summed E-state index contributed by atoms with van der Waals surface area (Å²) >= 11 is 5.80. The second-order valence-corrected chi connectivity index (χ2v) is 6.85. The Morgan fingerprint density at radius 3 is 2.29 bits per heavy atom. The number of alkyl carbamates (subject to hydrolysis) is 1. The summed E-state index contributed by atoms with van der Waals surface area (Å²) in [5.41, 5.74) is 1.12. The number of benzene rings is 2. The second-order valence-electron chi connectivity index (χ2n) is 6.42. The lowest BCUT2D eigenvalue weighted by molar-refractivity contribution is -0.145. The molecule has 0 unspecified atom stereocenters. The van der Waals surface area contributed by atoms with E-state index in [1.807, 2.05) is 6.07 Å². The molecule has 2 aromatic rings. The monoisotopic (exact) mass is 446 g/mol. The Morgan fingerprint density at radius 1 is 0.968 bits per heavy atom. The zero-order valence-corrected chi connectivity index (χ0v) is 17.7. The fraction of sp³-hybridized carbons (Fsp3) is 0.273. The van der Waals surface area contributed by atoms with Gasteiger partial charge in [0, 0.05) is 10.6 Å². The molecule has 0 bridgehead atoms. The number of rotatable bonds is 10. The van der Waals surface area contributed by atoms with Crippen molar-refractivity contribution >= 4 is 35.4 Å². The Hall–Kier alpha value is -3.39. The summed E-state index contributed by atoms with van der Waals surface area (Å²) in [5.74, 6) is -1.74. The van der Waals surface area contributed by atoms with Crippen LogP contribution in [0.2, 0.25) is 5.02 Å². The second kappa shape index (κ2) is 12.3. The molecular formula is C22H23ClN2O6. The lowest BCUT2D eigenvalue weighted by Crippen LogP contribution is -2.49. The van der Waals surface area contributed by atoms with E-state index in [1.165, 1.54) is 12.1 Å². The fourth-order valence-corrected chi connectivity index (χ4v) is 2.66. The smallest absolute Gasteiger partial charge is 0.408 e. The Bertz CT molecular complexity index is 902. The molecule has 31 heavy (non-hydrogen) atoms. The van der Waals surface area contributed by atoms with Gasteiger partial charge in [0.2, 0.25) is 5.91 Å². The summed E-state index contributed by atoms with van der Waals surface area (Å²) in [5, 5.41) is 5.25. The summed E-state index contributed by atoms with van der Waals surface area (Å²) in [6.45, 7) is 1.43. The van der Waals surface area contributed by atoms with E-state index in [2.05, 4.69) is 10.6 Å². The first kappa shape index (κ1) is 23.9. The van der Waals surface area contributed by atoms with Crippen molar-refractivity contribution in [3.05, 3.63) is 70.7 Å². The largest absolute Gasteiger partial charge is 0.466 e. The highest BCUT2D eigenvalue weighted by atomic mass is 35.5. The maximum absolute atomic E-state index is 12.5. The first-order valence-electron chi connectivity index (χ1n) is 9.58. The van der Waals surface area contributed by atoms with E-state index < -0.39 is 30.4 Å². The van der Waals surface area contributed by atoms with Crippen molar-refractivity contribution in [1.29, 1.82) is 0 Å². The Morgan fingerprint density at radius 2 is 1.65 bits per heavy atom. The summed E-state index contributed by atoms with van der Waals surface area (Å²) in [4.78, 5) is 48.7. The van der Waals surface area contributed by atoms with Gasteiger partial charge in [-0.3, -0.25) is 14.4 Å². The van der Waals surface area contributed by atoms with Gasteiger partial charge in [-0.05, 0) is 36.8 Å². The van der Waals surface area contributed by atoms with Crippen LogP contribution in [0, 0.1) is 0 Å². The molecule has 1 atom stereocenters. The topological polar surface area (TPSA) is 111 Å². The Kier molecular flexibility index (Phi) is 9.51. The van der Waals surface area contributed by atoms with Crippen LogP contribution < -0.4 is 10.6 Å². The highest BCUT2D eigenvalue weighted by molar-refractivity contribution is 6.30. The molecule has 0 saturated heterocycles. The summed E-state index contributed by atoms with van der Waals surface area (Å²) in [6, 6.07) is 13.9. The van der Waals surface area contributed by atoms with Crippen molar-refractivity contribution in [2.24, 2.45) is 0 Å². The van der Waals surface area contributed by atoms with E-state index in [4.69, 9.17) is 21.1 Å². The van der Waals surface area contributed by atoms with Gasteiger partial charge in [0.15, 0.2) is 5.78 Å². The molecule has 9 heteroatoms. The number of Topliss-reactive ketones (excluding diaryl/α,β-unsaturated/α-hetero) is 1. The minimum atomic E-state index is -1.26. The number of ether oxygens (including phenoxy) is 2. The van der Waals surface area contributed by atoms with Crippen LogP contribution in [0.3, 0.4) is 0 Å². The molecule has 2 N–H and O–H groups in total. The van der Waals surface area contributed by atoms with Crippen LogP contribution in [0.15, 0.2) is 54.6 Å². The molecule has 0 aliphatic carbocycles. The number of carbonyl (C=O) groups is 4. The molecule has 0 fully saturated rings. The molecule has 0 radical (unpaired) electrons. The molecule has 164 valence electrons. The number of amides is 2. The number of ketones is 1. The van der Waals surface area contributed by atoms with Crippen molar-refractivity contribution in [2.45, 2.75) is 26.0 Å². The van der Waals surface area contributed by atoms with Crippen LogP contribution in [0.1, 0.15) is 29.3 Å². The van der Waals surface area contributed by atoms with Gasteiger partial charge in [0.1, 0.15) is 12.6 Å². The van der Waals surface area contributed by atoms with Gasteiger partial charge in [-0.25, -0.2) is 4.79 Å². The maximum atomic E-state index is 12.5. The molecule has 0 aromatic heterocycles. The van der Waals surface area contributed by atoms with Crippen LogP contribution in [-0.4, -0.2) is 42.9 Å². The molecule has 0 spiro atoms. The normalized spacial score (nSPS) is 11.2. The van der Waals surface area contributed by atoms with Crippen molar-refractivity contribution < 1.29 is 28.7 Å². The molecule has 2 amide bonds. The number of hydrogen-bond acceptors (Lipinski definition) is 6. The van der Waals surface area contributed by atoms with Crippen LogP contribution in [0.5, 0.6) is 0 Å². The van der Waals surface area contributed by atoms with Crippen molar-refractivity contribution in [1.82, 2.24) is 10.6 Å². The average Bonchev–Trinajstić information content (AvgIpc) is 2.76. The Labute approximate surface area is 184 Å². The molecule has 0 heterocycles. The quantitative estimate of drug-likeness (QED) is 0.429. The fourth-order valence-electron chi connectivity index (χ4n) is 2.53. The predicted molar refractivity (Wildman–Crippen MR) is 114 cm³/mol. The predicted octanol–water partition coefficient (Wildman–Crippen LogP) is 2.89. The zero-order chi connectivity index (χ0) is 22.6. The molecule has 2 rings (SSSR count). The summed E-state index contributed by atoms with van der Waals surface area (Å²) in [7, 11) is 0.